The minimum absolute atomic E-state index is 0.0392. The number of carbonyl (C=O) groups excluding carboxylic acids is 1. The standard InChI is InChI=1S/C17H20F3N7O/c1-10-15(28)27-5-3-4-12-13(27)14(25(10)2)24-16(23-12)21-6-11-7-22-26(8-11)9-17(18,19)20/h7-8,10H,3-6,9H2,1-2H3,(H,21,23,24)/t10-/m0/s1. The molecule has 4 rings (SSSR count). The highest BCUT2D eigenvalue weighted by atomic mass is 19.4. The van der Waals surface area contributed by atoms with Crippen LogP contribution in [0.1, 0.15) is 24.6 Å². The molecule has 0 saturated heterocycles. The fourth-order valence-electron chi connectivity index (χ4n) is 3.52. The average molecular weight is 395 g/mol. The first-order valence-corrected chi connectivity index (χ1v) is 9.00. The molecule has 0 aromatic carbocycles. The molecular formula is C17H20F3N7O. The second-order valence-corrected chi connectivity index (χ2v) is 7.06. The topological polar surface area (TPSA) is 79.2 Å². The molecular weight excluding hydrogens is 375 g/mol. The van der Waals surface area contributed by atoms with Gasteiger partial charge in [-0.15, -0.1) is 0 Å². The van der Waals surface area contributed by atoms with Gasteiger partial charge in [0.05, 0.1) is 11.9 Å². The van der Waals surface area contributed by atoms with Gasteiger partial charge in [0, 0.05) is 31.9 Å². The highest BCUT2D eigenvalue weighted by Gasteiger charge is 2.38. The van der Waals surface area contributed by atoms with Crippen molar-refractivity contribution in [3.63, 3.8) is 0 Å². The van der Waals surface area contributed by atoms with Crippen molar-refractivity contribution >= 4 is 23.4 Å². The second kappa shape index (κ2) is 6.64. The average Bonchev–Trinajstić information content (AvgIpc) is 3.07. The van der Waals surface area contributed by atoms with Crippen molar-refractivity contribution < 1.29 is 18.0 Å². The number of anilines is 3. The number of amides is 1. The fourth-order valence-corrected chi connectivity index (χ4v) is 3.52. The van der Waals surface area contributed by atoms with Crippen molar-refractivity contribution in [2.75, 3.05) is 28.7 Å². The number of aryl methyl sites for hydroxylation is 1. The monoisotopic (exact) mass is 395 g/mol. The largest absolute Gasteiger partial charge is 0.408 e. The third-order valence-corrected chi connectivity index (χ3v) is 5.02. The van der Waals surface area contributed by atoms with Gasteiger partial charge < -0.3 is 15.1 Å². The van der Waals surface area contributed by atoms with Gasteiger partial charge in [-0.25, -0.2) is 4.98 Å². The summed E-state index contributed by atoms with van der Waals surface area (Å²) in [5.41, 5.74) is 2.16. The molecule has 0 radical (unpaired) electrons. The summed E-state index contributed by atoms with van der Waals surface area (Å²) in [7, 11) is 1.82. The van der Waals surface area contributed by atoms with E-state index in [2.05, 4.69) is 20.4 Å². The first-order chi connectivity index (χ1) is 13.2. The molecule has 0 spiro atoms. The Morgan fingerprint density at radius 1 is 1.32 bits per heavy atom. The zero-order valence-corrected chi connectivity index (χ0v) is 15.5. The van der Waals surface area contributed by atoms with Gasteiger partial charge in [0.2, 0.25) is 11.9 Å². The maximum atomic E-state index is 12.5. The summed E-state index contributed by atoms with van der Waals surface area (Å²) in [6.07, 6.45) is -0.0107. The number of aromatic nitrogens is 4. The molecule has 0 bridgehead atoms. The van der Waals surface area contributed by atoms with Crippen LogP contribution in [0.2, 0.25) is 0 Å². The second-order valence-electron chi connectivity index (χ2n) is 7.06. The van der Waals surface area contributed by atoms with Gasteiger partial charge in [-0.2, -0.15) is 23.3 Å². The Morgan fingerprint density at radius 3 is 2.86 bits per heavy atom. The highest BCUT2D eigenvalue weighted by Crippen LogP contribution is 2.39. The number of halogens is 3. The van der Waals surface area contributed by atoms with Crippen LogP contribution in [-0.2, 0) is 24.3 Å². The van der Waals surface area contributed by atoms with E-state index in [4.69, 9.17) is 0 Å². The van der Waals surface area contributed by atoms with Crippen LogP contribution in [0.3, 0.4) is 0 Å². The van der Waals surface area contributed by atoms with E-state index in [9.17, 15) is 18.0 Å². The van der Waals surface area contributed by atoms with Crippen LogP contribution in [0.4, 0.5) is 30.6 Å². The van der Waals surface area contributed by atoms with E-state index in [0.29, 0.717) is 23.9 Å². The van der Waals surface area contributed by atoms with Crippen molar-refractivity contribution in [2.24, 2.45) is 0 Å². The molecule has 1 atom stereocenters. The summed E-state index contributed by atoms with van der Waals surface area (Å²) in [6, 6.07) is -0.318. The Hall–Kier alpha value is -2.85. The molecule has 1 N–H and O–H groups in total. The Bertz CT molecular complexity index is 911. The van der Waals surface area contributed by atoms with Crippen molar-refractivity contribution in [1.29, 1.82) is 0 Å². The molecule has 2 aliphatic rings. The molecule has 0 aliphatic carbocycles. The third-order valence-electron chi connectivity index (χ3n) is 5.02. The zero-order chi connectivity index (χ0) is 20.1. The van der Waals surface area contributed by atoms with Gasteiger partial charge in [0.15, 0.2) is 5.82 Å². The lowest BCUT2D eigenvalue weighted by atomic mass is 10.0. The predicted octanol–water partition coefficient (Wildman–Crippen LogP) is 1.96. The molecule has 0 fully saturated rings. The number of nitrogens with one attached hydrogen (secondary N) is 1. The quantitative estimate of drug-likeness (QED) is 0.853. The highest BCUT2D eigenvalue weighted by molar-refractivity contribution is 6.05. The van der Waals surface area contributed by atoms with E-state index in [1.165, 1.54) is 12.4 Å². The molecule has 28 heavy (non-hydrogen) atoms. The number of likely N-dealkylation sites (N-methyl/N-ethyl adjacent to an activating group) is 1. The van der Waals surface area contributed by atoms with Crippen LogP contribution in [0.25, 0.3) is 0 Å². The smallest absolute Gasteiger partial charge is 0.350 e. The van der Waals surface area contributed by atoms with Crippen LogP contribution in [0.15, 0.2) is 12.4 Å². The van der Waals surface area contributed by atoms with Gasteiger partial charge >= 0.3 is 6.18 Å². The summed E-state index contributed by atoms with van der Waals surface area (Å²) in [5, 5.41) is 6.79. The molecule has 1 amide bonds. The first kappa shape index (κ1) is 18.5. The molecule has 0 saturated carbocycles. The van der Waals surface area contributed by atoms with Gasteiger partial charge in [0.1, 0.15) is 18.3 Å². The molecule has 4 heterocycles. The molecule has 11 heteroatoms. The minimum atomic E-state index is -4.31. The Morgan fingerprint density at radius 2 is 2.11 bits per heavy atom. The summed E-state index contributed by atoms with van der Waals surface area (Å²) >= 11 is 0. The van der Waals surface area contributed by atoms with Crippen molar-refractivity contribution in [3.8, 4) is 0 Å². The summed E-state index contributed by atoms with van der Waals surface area (Å²) < 4.78 is 38.2. The SMILES string of the molecule is C[C@H]1C(=O)N2CCCc3nc(NCc4cnn(CC(F)(F)F)c4)nc(c32)N1C. The lowest BCUT2D eigenvalue weighted by molar-refractivity contribution is -0.142. The number of alkyl halides is 3. The van der Waals surface area contributed by atoms with Crippen LogP contribution in [0, 0.1) is 0 Å². The van der Waals surface area contributed by atoms with Gasteiger partial charge in [-0.1, -0.05) is 0 Å². The zero-order valence-electron chi connectivity index (χ0n) is 15.5. The molecule has 2 aliphatic heterocycles. The van der Waals surface area contributed by atoms with Crippen molar-refractivity contribution in [2.45, 2.75) is 45.1 Å². The lowest BCUT2D eigenvalue weighted by Crippen LogP contribution is -2.53. The molecule has 8 nitrogen and oxygen atoms in total. The Kier molecular flexibility index (Phi) is 4.39. The molecule has 150 valence electrons. The fraction of sp³-hybridized carbons (Fsp3) is 0.529. The van der Waals surface area contributed by atoms with Crippen molar-refractivity contribution in [3.05, 3.63) is 23.7 Å². The Balaban J connectivity index is 1.55. The van der Waals surface area contributed by atoms with Crippen LogP contribution >= 0.6 is 0 Å². The van der Waals surface area contributed by atoms with Gasteiger partial charge in [0.25, 0.3) is 0 Å². The summed E-state index contributed by atoms with van der Waals surface area (Å²) in [6.45, 7) is 1.62. The Labute approximate surface area is 159 Å². The normalized spacial score (nSPS) is 19.0. The third kappa shape index (κ3) is 3.36. The number of hydrogen-bond acceptors (Lipinski definition) is 6. The maximum Gasteiger partial charge on any atom is 0.408 e. The van der Waals surface area contributed by atoms with E-state index in [1.54, 1.807) is 4.90 Å². The lowest BCUT2D eigenvalue weighted by Gasteiger charge is -2.41. The van der Waals surface area contributed by atoms with Crippen LogP contribution < -0.4 is 15.1 Å². The number of carbonyl (C=O) groups is 1. The van der Waals surface area contributed by atoms with Crippen LogP contribution in [0.5, 0.6) is 0 Å². The predicted molar refractivity (Wildman–Crippen MR) is 96.2 cm³/mol. The van der Waals surface area contributed by atoms with Crippen molar-refractivity contribution in [1.82, 2.24) is 19.7 Å². The number of nitrogens with zero attached hydrogens (tertiary/aromatic N) is 6. The van der Waals surface area contributed by atoms with E-state index >= 15 is 0 Å². The molecule has 0 unspecified atom stereocenters. The maximum absolute atomic E-state index is 12.5. The molecule has 2 aromatic rings. The van der Waals surface area contributed by atoms with E-state index in [-0.39, 0.29) is 18.5 Å². The number of hydrogen-bond donors (Lipinski definition) is 1. The van der Waals surface area contributed by atoms with E-state index < -0.39 is 12.7 Å². The number of rotatable bonds is 4. The van der Waals surface area contributed by atoms with Gasteiger partial charge in [-0.05, 0) is 19.8 Å². The summed E-state index contributed by atoms with van der Waals surface area (Å²) in [5.74, 6) is 1.11. The van der Waals surface area contributed by atoms with E-state index in [1.807, 2.05) is 18.9 Å². The van der Waals surface area contributed by atoms with Gasteiger partial charge in [-0.3, -0.25) is 9.48 Å². The van der Waals surface area contributed by atoms with Crippen LogP contribution in [-0.4, -0.2) is 51.5 Å². The molecule has 2 aromatic heterocycles. The van der Waals surface area contributed by atoms with E-state index in [0.717, 1.165) is 28.9 Å². The minimum Gasteiger partial charge on any atom is -0.350 e. The first-order valence-electron chi connectivity index (χ1n) is 9.00. The summed E-state index contributed by atoms with van der Waals surface area (Å²) in [4.78, 5) is 25.2.